The number of pyridine rings is 1. The van der Waals surface area contributed by atoms with Gasteiger partial charge in [0.05, 0.1) is 25.5 Å². The van der Waals surface area contributed by atoms with E-state index >= 15 is 0 Å². The summed E-state index contributed by atoms with van der Waals surface area (Å²) in [6.45, 7) is 4.67. The number of benzene rings is 1. The number of ether oxygens (including phenoxy) is 2. The fourth-order valence-corrected chi connectivity index (χ4v) is 1.77. The second kappa shape index (κ2) is 6.34. The summed E-state index contributed by atoms with van der Waals surface area (Å²) >= 11 is 0. The molecule has 2 rings (SSSR count). The summed E-state index contributed by atoms with van der Waals surface area (Å²) < 4.78 is 10.8. The third kappa shape index (κ3) is 3.80. The SMILES string of the molecule is COc1cccc(-c2cc(COC(C)C)ccn2)c1. The van der Waals surface area contributed by atoms with E-state index in [0.717, 1.165) is 22.6 Å². The third-order valence-corrected chi connectivity index (χ3v) is 2.77. The third-order valence-electron chi connectivity index (χ3n) is 2.77. The zero-order valence-electron chi connectivity index (χ0n) is 11.6. The van der Waals surface area contributed by atoms with E-state index in [1.54, 1.807) is 7.11 Å². The van der Waals surface area contributed by atoms with Crippen molar-refractivity contribution in [2.45, 2.75) is 26.6 Å². The van der Waals surface area contributed by atoms with Crippen molar-refractivity contribution in [3.63, 3.8) is 0 Å². The van der Waals surface area contributed by atoms with Crippen LogP contribution in [-0.2, 0) is 11.3 Å². The second-order valence-electron chi connectivity index (χ2n) is 4.64. The van der Waals surface area contributed by atoms with E-state index < -0.39 is 0 Å². The van der Waals surface area contributed by atoms with Gasteiger partial charge in [-0.25, -0.2) is 0 Å². The molecule has 3 nitrogen and oxygen atoms in total. The van der Waals surface area contributed by atoms with Crippen LogP contribution in [-0.4, -0.2) is 18.2 Å². The minimum Gasteiger partial charge on any atom is -0.497 e. The Bertz CT molecular complexity index is 538. The van der Waals surface area contributed by atoms with Crippen LogP contribution in [0.4, 0.5) is 0 Å². The predicted octanol–water partition coefficient (Wildman–Crippen LogP) is 3.68. The lowest BCUT2D eigenvalue weighted by atomic mass is 10.1. The first-order valence-corrected chi connectivity index (χ1v) is 6.40. The Morgan fingerprint density at radius 1 is 1.16 bits per heavy atom. The van der Waals surface area contributed by atoms with Crippen LogP contribution in [0.2, 0.25) is 0 Å². The standard InChI is InChI=1S/C16H19NO2/c1-12(2)19-11-13-7-8-17-16(9-13)14-5-4-6-15(10-14)18-3/h4-10,12H,11H2,1-3H3. The fourth-order valence-electron chi connectivity index (χ4n) is 1.77. The summed E-state index contributed by atoms with van der Waals surface area (Å²) in [5.74, 6) is 0.836. The number of aromatic nitrogens is 1. The number of rotatable bonds is 5. The van der Waals surface area contributed by atoms with Gasteiger partial charge in [-0.05, 0) is 43.7 Å². The van der Waals surface area contributed by atoms with Gasteiger partial charge in [0.1, 0.15) is 5.75 Å². The molecule has 1 aromatic carbocycles. The van der Waals surface area contributed by atoms with E-state index in [1.165, 1.54) is 0 Å². The average molecular weight is 257 g/mol. The molecule has 1 heterocycles. The van der Waals surface area contributed by atoms with Crippen LogP contribution in [0.15, 0.2) is 42.6 Å². The Balaban J connectivity index is 2.22. The van der Waals surface area contributed by atoms with Crippen molar-refractivity contribution in [2.75, 3.05) is 7.11 Å². The zero-order valence-corrected chi connectivity index (χ0v) is 11.6. The molecule has 0 saturated carbocycles. The molecule has 0 unspecified atom stereocenters. The lowest BCUT2D eigenvalue weighted by molar-refractivity contribution is 0.0657. The molecule has 0 aliphatic rings. The molecule has 0 N–H and O–H groups in total. The Hall–Kier alpha value is -1.87. The molecule has 0 fully saturated rings. The molecule has 0 aliphatic heterocycles. The minimum atomic E-state index is 0.230. The van der Waals surface area contributed by atoms with Gasteiger partial charge < -0.3 is 9.47 Å². The van der Waals surface area contributed by atoms with E-state index in [1.807, 2.05) is 50.4 Å². The van der Waals surface area contributed by atoms with Crippen molar-refractivity contribution in [1.29, 1.82) is 0 Å². The largest absolute Gasteiger partial charge is 0.497 e. The smallest absolute Gasteiger partial charge is 0.119 e. The van der Waals surface area contributed by atoms with Gasteiger partial charge in [-0.2, -0.15) is 0 Å². The molecule has 0 aliphatic carbocycles. The van der Waals surface area contributed by atoms with E-state index in [-0.39, 0.29) is 6.10 Å². The van der Waals surface area contributed by atoms with Gasteiger partial charge in [0.25, 0.3) is 0 Å². The highest BCUT2D eigenvalue weighted by molar-refractivity contribution is 5.61. The second-order valence-corrected chi connectivity index (χ2v) is 4.64. The molecular weight excluding hydrogens is 238 g/mol. The summed E-state index contributed by atoms with van der Waals surface area (Å²) in [6.07, 6.45) is 2.04. The molecule has 3 heteroatoms. The van der Waals surface area contributed by atoms with Crippen LogP contribution in [0.5, 0.6) is 5.75 Å². The van der Waals surface area contributed by atoms with Gasteiger partial charge in [-0.1, -0.05) is 12.1 Å². The van der Waals surface area contributed by atoms with Gasteiger partial charge in [-0.3, -0.25) is 4.98 Å². The van der Waals surface area contributed by atoms with E-state index in [9.17, 15) is 0 Å². The van der Waals surface area contributed by atoms with Crippen molar-refractivity contribution >= 4 is 0 Å². The zero-order chi connectivity index (χ0) is 13.7. The highest BCUT2D eigenvalue weighted by atomic mass is 16.5. The molecule has 1 aromatic heterocycles. The first-order valence-electron chi connectivity index (χ1n) is 6.40. The molecular formula is C16H19NO2. The van der Waals surface area contributed by atoms with Crippen molar-refractivity contribution in [2.24, 2.45) is 0 Å². The molecule has 2 aromatic rings. The number of hydrogen-bond donors (Lipinski definition) is 0. The molecule has 0 saturated heterocycles. The molecule has 0 radical (unpaired) electrons. The Kier molecular flexibility index (Phi) is 4.53. The quantitative estimate of drug-likeness (QED) is 0.818. The lowest BCUT2D eigenvalue weighted by Gasteiger charge is -2.09. The van der Waals surface area contributed by atoms with Crippen LogP contribution in [0.3, 0.4) is 0 Å². The molecule has 100 valence electrons. The summed E-state index contributed by atoms with van der Waals surface area (Å²) in [4.78, 5) is 4.40. The number of methoxy groups -OCH3 is 1. The normalized spacial score (nSPS) is 10.7. The van der Waals surface area contributed by atoms with Gasteiger partial charge in [0.15, 0.2) is 0 Å². The Morgan fingerprint density at radius 2 is 2.00 bits per heavy atom. The van der Waals surface area contributed by atoms with E-state index in [4.69, 9.17) is 9.47 Å². The van der Waals surface area contributed by atoms with Gasteiger partial charge >= 0.3 is 0 Å². The molecule has 0 bridgehead atoms. The summed E-state index contributed by atoms with van der Waals surface area (Å²) in [5, 5.41) is 0. The molecule has 0 amide bonds. The van der Waals surface area contributed by atoms with Gasteiger partial charge in [0.2, 0.25) is 0 Å². The summed E-state index contributed by atoms with van der Waals surface area (Å²) in [5.41, 5.74) is 3.11. The van der Waals surface area contributed by atoms with E-state index in [2.05, 4.69) is 11.1 Å². The van der Waals surface area contributed by atoms with Crippen LogP contribution < -0.4 is 4.74 Å². The minimum absolute atomic E-state index is 0.230. The first-order chi connectivity index (χ1) is 9.19. The van der Waals surface area contributed by atoms with Crippen molar-refractivity contribution in [3.05, 3.63) is 48.2 Å². The monoisotopic (exact) mass is 257 g/mol. The van der Waals surface area contributed by atoms with Crippen molar-refractivity contribution < 1.29 is 9.47 Å². The van der Waals surface area contributed by atoms with Crippen LogP contribution in [0.25, 0.3) is 11.3 Å². The van der Waals surface area contributed by atoms with E-state index in [0.29, 0.717) is 6.61 Å². The maximum absolute atomic E-state index is 5.61. The maximum Gasteiger partial charge on any atom is 0.119 e. The lowest BCUT2D eigenvalue weighted by Crippen LogP contribution is -2.02. The van der Waals surface area contributed by atoms with Crippen LogP contribution in [0, 0.1) is 0 Å². The van der Waals surface area contributed by atoms with Crippen LogP contribution >= 0.6 is 0 Å². The maximum atomic E-state index is 5.61. The van der Waals surface area contributed by atoms with Crippen molar-refractivity contribution in [1.82, 2.24) is 4.98 Å². The van der Waals surface area contributed by atoms with Crippen LogP contribution in [0.1, 0.15) is 19.4 Å². The Labute approximate surface area is 114 Å². The fraction of sp³-hybridized carbons (Fsp3) is 0.312. The number of hydrogen-bond acceptors (Lipinski definition) is 3. The Morgan fingerprint density at radius 3 is 2.74 bits per heavy atom. The predicted molar refractivity (Wildman–Crippen MR) is 76.2 cm³/mol. The summed E-state index contributed by atoms with van der Waals surface area (Å²) in [6, 6.07) is 11.9. The molecule has 19 heavy (non-hydrogen) atoms. The first kappa shape index (κ1) is 13.6. The van der Waals surface area contributed by atoms with Gasteiger partial charge in [0, 0.05) is 11.8 Å². The highest BCUT2D eigenvalue weighted by Gasteiger charge is 2.03. The van der Waals surface area contributed by atoms with Crippen molar-refractivity contribution in [3.8, 4) is 17.0 Å². The molecule has 0 spiro atoms. The average Bonchev–Trinajstić information content (AvgIpc) is 2.45. The number of nitrogens with zero attached hydrogens (tertiary/aromatic N) is 1. The summed E-state index contributed by atoms with van der Waals surface area (Å²) in [7, 11) is 1.67. The van der Waals surface area contributed by atoms with Gasteiger partial charge in [-0.15, -0.1) is 0 Å². The topological polar surface area (TPSA) is 31.4 Å². The molecule has 0 atom stereocenters. The highest BCUT2D eigenvalue weighted by Crippen LogP contribution is 2.22.